The molecule has 6 nitrogen and oxygen atoms in total. The maximum atomic E-state index is 12.5. The van der Waals surface area contributed by atoms with E-state index < -0.39 is 0 Å². The number of nitrogens with one attached hydrogen (secondary N) is 1. The van der Waals surface area contributed by atoms with E-state index in [-0.39, 0.29) is 12.5 Å². The molecule has 1 amide bonds. The fourth-order valence-electron chi connectivity index (χ4n) is 3.05. The van der Waals surface area contributed by atoms with Crippen LogP contribution in [-0.4, -0.2) is 20.7 Å². The van der Waals surface area contributed by atoms with Gasteiger partial charge in [-0.05, 0) is 24.1 Å². The Bertz CT molecular complexity index is 1050. The summed E-state index contributed by atoms with van der Waals surface area (Å²) in [6.45, 7) is 2.78. The summed E-state index contributed by atoms with van der Waals surface area (Å²) in [5.41, 5.74) is 4.05. The van der Waals surface area contributed by atoms with E-state index in [1.54, 1.807) is 0 Å². The van der Waals surface area contributed by atoms with Gasteiger partial charge in [0.25, 0.3) is 0 Å². The molecule has 2 aromatic carbocycles. The number of aromatic nitrogens is 3. The van der Waals surface area contributed by atoms with Crippen LogP contribution in [0.5, 0.6) is 0 Å². The lowest BCUT2D eigenvalue weighted by atomic mass is 10.1. The highest BCUT2D eigenvalue weighted by atomic mass is 16.4. The summed E-state index contributed by atoms with van der Waals surface area (Å²) in [5, 5.41) is 11.7. The zero-order chi connectivity index (χ0) is 17.9. The molecule has 0 aliphatic rings. The van der Waals surface area contributed by atoms with Crippen molar-refractivity contribution in [2.45, 2.75) is 20.0 Å². The first kappa shape index (κ1) is 16.1. The van der Waals surface area contributed by atoms with Gasteiger partial charge in [-0.15, -0.1) is 10.2 Å². The molecule has 2 heterocycles. The van der Waals surface area contributed by atoms with Gasteiger partial charge in [-0.25, -0.2) is 0 Å². The average Bonchev–Trinajstić information content (AvgIpc) is 3.29. The average molecular weight is 346 g/mol. The van der Waals surface area contributed by atoms with Crippen LogP contribution < -0.4 is 5.32 Å². The Kier molecular flexibility index (Phi) is 4.23. The minimum atomic E-state index is -0.0499. The first-order valence-corrected chi connectivity index (χ1v) is 8.38. The van der Waals surface area contributed by atoms with Gasteiger partial charge in [0.15, 0.2) is 0 Å². The van der Waals surface area contributed by atoms with Crippen molar-refractivity contribution in [3.8, 4) is 11.5 Å². The molecule has 0 unspecified atom stereocenters. The van der Waals surface area contributed by atoms with Gasteiger partial charge >= 0.3 is 0 Å². The second-order valence-electron chi connectivity index (χ2n) is 6.13. The number of aryl methyl sites for hydroxylation is 1. The third-order valence-electron chi connectivity index (χ3n) is 4.43. The van der Waals surface area contributed by atoms with E-state index in [9.17, 15) is 4.79 Å². The highest BCUT2D eigenvalue weighted by molar-refractivity contribution is 5.94. The van der Waals surface area contributed by atoms with Crippen LogP contribution in [0.1, 0.15) is 11.1 Å². The predicted octanol–water partition coefficient (Wildman–Crippen LogP) is 3.32. The number of hydrogen-bond acceptors (Lipinski definition) is 4. The van der Waals surface area contributed by atoms with Crippen LogP contribution in [0.25, 0.3) is 22.4 Å². The smallest absolute Gasteiger partial charge is 0.249 e. The van der Waals surface area contributed by atoms with Crippen molar-refractivity contribution in [2.24, 2.45) is 0 Å². The van der Waals surface area contributed by atoms with Crippen LogP contribution >= 0.6 is 0 Å². The normalized spacial score (nSPS) is 11.0. The molecule has 0 atom stereocenters. The van der Waals surface area contributed by atoms with Crippen molar-refractivity contribution in [3.63, 3.8) is 0 Å². The number of rotatable bonds is 5. The molecule has 0 radical (unpaired) electrons. The van der Waals surface area contributed by atoms with Crippen molar-refractivity contribution in [3.05, 3.63) is 72.2 Å². The zero-order valence-electron chi connectivity index (χ0n) is 14.3. The van der Waals surface area contributed by atoms with E-state index >= 15 is 0 Å². The number of fused-ring (bicyclic) bond motifs is 1. The lowest BCUT2D eigenvalue weighted by Gasteiger charge is -2.09. The molecule has 1 N–H and O–H groups in total. The highest BCUT2D eigenvalue weighted by Crippen LogP contribution is 2.29. The molecule has 0 saturated heterocycles. The number of carbonyl (C=O) groups is 1. The van der Waals surface area contributed by atoms with Crippen LogP contribution in [0.15, 0.2) is 65.5 Å². The zero-order valence-corrected chi connectivity index (χ0v) is 14.3. The largest absolute Gasteiger partial charge is 0.423 e. The van der Waals surface area contributed by atoms with Gasteiger partial charge in [0.1, 0.15) is 6.54 Å². The molecule has 2 aromatic heterocycles. The second-order valence-corrected chi connectivity index (χ2v) is 6.13. The molecule has 0 saturated carbocycles. The molecule has 26 heavy (non-hydrogen) atoms. The summed E-state index contributed by atoms with van der Waals surface area (Å²) in [7, 11) is 0. The molecular weight excluding hydrogens is 328 g/mol. The topological polar surface area (TPSA) is 73.0 Å². The van der Waals surface area contributed by atoms with Gasteiger partial charge in [-0.2, -0.15) is 0 Å². The molecule has 6 heteroatoms. The number of benzene rings is 2. The molecule has 130 valence electrons. The van der Waals surface area contributed by atoms with Crippen LogP contribution in [0, 0.1) is 6.92 Å². The Balaban J connectivity index is 1.56. The molecule has 4 aromatic rings. The van der Waals surface area contributed by atoms with E-state index in [1.807, 2.05) is 66.2 Å². The van der Waals surface area contributed by atoms with E-state index in [2.05, 4.69) is 15.5 Å². The van der Waals surface area contributed by atoms with Crippen LogP contribution in [-0.2, 0) is 17.9 Å². The van der Waals surface area contributed by atoms with Crippen molar-refractivity contribution in [1.29, 1.82) is 0 Å². The van der Waals surface area contributed by atoms with Gasteiger partial charge in [-0.3, -0.25) is 4.79 Å². The number of carbonyl (C=O) groups excluding carboxylic acids is 1. The van der Waals surface area contributed by atoms with Crippen molar-refractivity contribution >= 4 is 16.8 Å². The van der Waals surface area contributed by atoms with Crippen LogP contribution in [0.4, 0.5) is 0 Å². The monoisotopic (exact) mass is 346 g/mol. The maximum absolute atomic E-state index is 12.5. The predicted molar refractivity (Wildman–Crippen MR) is 98.3 cm³/mol. The van der Waals surface area contributed by atoms with Gasteiger partial charge in [0.2, 0.25) is 18.2 Å². The summed E-state index contributed by atoms with van der Waals surface area (Å²) in [4.78, 5) is 12.5. The summed E-state index contributed by atoms with van der Waals surface area (Å²) < 4.78 is 7.23. The third kappa shape index (κ3) is 3.09. The number of nitrogens with zero attached hydrogens (tertiary/aromatic N) is 3. The number of amides is 1. The standard InChI is InChI=1S/C20H18N4O2/c1-14-6-2-3-7-15(14)10-21-19(25)12-24-11-17(20-23-22-13-26-20)16-8-4-5-9-18(16)24/h2-9,11,13H,10,12H2,1H3,(H,21,25). The summed E-state index contributed by atoms with van der Waals surface area (Å²) in [6.07, 6.45) is 3.18. The van der Waals surface area contributed by atoms with E-state index in [1.165, 1.54) is 6.39 Å². The molecule has 0 fully saturated rings. The molecule has 0 spiro atoms. The number of para-hydroxylation sites is 1. The number of hydrogen-bond donors (Lipinski definition) is 1. The summed E-state index contributed by atoms with van der Waals surface area (Å²) >= 11 is 0. The van der Waals surface area contributed by atoms with Gasteiger partial charge in [0.05, 0.1) is 5.56 Å². The Morgan fingerprint density at radius 1 is 1.15 bits per heavy atom. The Hall–Kier alpha value is -3.41. The molecule has 0 aliphatic heterocycles. The fraction of sp³-hybridized carbons (Fsp3) is 0.150. The Morgan fingerprint density at radius 2 is 1.96 bits per heavy atom. The van der Waals surface area contributed by atoms with E-state index in [0.717, 1.165) is 27.6 Å². The highest BCUT2D eigenvalue weighted by Gasteiger charge is 2.15. The van der Waals surface area contributed by atoms with Crippen molar-refractivity contribution in [2.75, 3.05) is 0 Å². The summed E-state index contributed by atoms with van der Waals surface area (Å²) in [5.74, 6) is 0.395. The van der Waals surface area contributed by atoms with E-state index in [0.29, 0.717) is 12.4 Å². The van der Waals surface area contributed by atoms with Gasteiger partial charge < -0.3 is 14.3 Å². The maximum Gasteiger partial charge on any atom is 0.249 e. The molecular formula is C20H18N4O2. The molecule has 4 rings (SSSR count). The Labute approximate surface area is 150 Å². The SMILES string of the molecule is Cc1ccccc1CNC(=O)Cn1cc(-c2nnco2)c2ccccc21. The van der Waals surface area contributed by atoms with Gasteiger partial charge in [-0.1, -0.05) is 42.5 Å². The van der Waals surface area contributed by atoms with Crippen molar-refractivity contribution < 1.29 is 9.21 Å². The van der Waals surface area contributed by atoms with E-state index in [4.69, 9.17) is 4.42 Å². The van der Waals surface area contributed by atoms with Crippen LogP contribution in [0.2, 0.25) is 0 Å². The fourth-order valence-corrected chi connectivity index (χ4v) is 3.05. The lowest BCUT2D eigenvalue weighted by molar-refractivity contribution is -0.121. The second kappa shape index (κ2) is 6.84. The first-order valence-electron chi connectivity index (χ1n) is 8.38. The minimum absolute atomic E-state index is 0.0499. The van der Waals surface area contributed by atoms with Crippen LogP contribution in [0.3, 0.4) is 0 Å². The lowest BCUT2D eigenvalue weighted by Crippen LogP contribution is -2.27. The Morgan fingerprint density at radius 3 is 2.77 bits per heavy atom. The van der Waals surface area contributed by atoms with Gasteiger partial charge in [0, 0.05) is 23.6 Å². The first-order chi connectivity index (χ1) is 12.7. The quantitative estimate of drug-likeness (QED) is 0.602. The van der Waals surface area contributed by atoms with Crippen molar-refractivity contribution in [1.82, 2.24) is 20.1 Å². The summed E-state index contributed by atoms with van der Waals surface area (Å²) in [6, 6.07) is 15.9. The molecule has 0 aliphatic carbocycles. The third-order valence-corrected chi connectivity index (χ3v) is 4.43. The molecule has 0 bridgehead atoms. The minimum Gasteiger partial charge on any atom is -0.423 e.